The molecule has 1 saturated heterocycles. The highest BCUT2D eigenvalue weighted by Crippen LogP contribution is 2.37. The van der Waals surface area contributed by atoms with Crippen molar-refractivity contribution in [1.82, 2.24) is 4.90 Å². The molecule has 21 heavy (non-hydrogen) atoms. The summed E-state index contributed by atoms with van der Waals surface area (Å²) in [4.78, 5) is 14.6. The van der Waals surface area contributed by atoms with Gasteiger partial charge in [-0.3, -0.25) is 9.69 Å². The zero-order valence-corrected chi connectivity index (χ0v) is 14.0. The van der Waals surface area contributed by atoms with Gasteiger partial charge < -0.3 is 9.47 Å². The van der Waals surface area contributed by atoms with E-state index in [1.807, 2.05) is 32.0 Å². The minimum absolute atomic E-state index is 0.0515. The average Bonchev–Trinajstić information content (AvgIpc) is 2.73. The third kappa shape index (κ3) is 3.06. The molecule has 0 unspecified atom stereocenters. The zero-order valence-electron chi connectivity index (χ0n) is 12.4. The van der Waals surface area contributed by atoms with Crippen molar-refractivity contribution in [1.29, 1.82) is 0 Å². The lowest BCUT2D eigenvalue weighted by molar-refractivity contribution is -0.123. The number of thioether (sulfide) groups is 1. The van der Waals surface area contributed by atoms with Crippen LogP contribution in [0.15, 0.2) is 23.1 Å². The maximum Gasteiger partial charge on any atom is 0.266 e. The number of hydrogen-bond acceptors (Lipinski definition) is 5. The quantitative estimate of drug-likeness (QED) is 0.628. The van der Waals surface area contributed by atoms with Crippen molar-refractivity contribution in [3.8, 4) is 11.5 Å². The Bertz CT molecular complexity index is 611. The van der Waals surface area contributed by atoms with Gasteiger partial charge in [0.25, 0.3) is 5.91 Å². The highest BCUT2D eigenvalue weighted by molar-refractivity contribution is 8.26. The normalized spacial score (nSPS) is 17.0. The molecular weight excluding hydrogens is 306 g/mol. The van der Waals surface area contributed by atoms with Gasteiger partial charge in [-0.05, 0) is 26.0 Å². The molecule has 2 rings (SSSR count). The van der Waals surface area contributed by atoms with Crippen molar-refractivity contribution in [3.05, 3.63) is 28.7 Å². The van der Waals surface area contributed by atoms with Crippen LogP contribution in [0, 0.1) is 0 Å². The predicted molar refractivity (Wildman–Crippen MR) is 89.7 cm³/mol. The maximum absolute atomic E-state index is 12.4. The minimum Gasteiger partial charge on any atom is -0.493 e. The zero-order chi connectivity index (χ0) is 15.6. The fourth-order valence-electron chi connectivity index (χ4n) is 2.09. The van der Waals surface area contributed by atoms with Gasteiger partial charge in [-0.15, -0.1) is 0 Å². The largest absolute Gasteiger partial charge is 0.493 e. The molecular formula is C15H17NO3S2. The monoisotopic (exact) mass is 323 g/mol. The second-order valence-corrected chi connectivity index (χ2v) is 6.40. The summed E-state index contributed by atoms with van der Waals surface area (Å²) in [6, 6.07) is 5.60. The Labute approximate surface area is 134 Å². The molecule has 4 nitrogen and oxygen atoms in total. The smallest absolute Gasteiger partial charge is 0.266 e. The van der Waals surface area contributed by atoms with Crippen molar-refractivity contribution < 1.29 is 14.3 Å². The number of benzene rings is 1. The van der Waals surface area contributed by atoms with Gasteiger partial charge in [0, 0.05) is 11.6 Å². The third-order valence-corrected chi connectivity index (χ3v) is 4.39. The average molecular weight is 323 g/mol. The van der Waals surface area contributed by atoms with E-state index in [0.29, 0.717) is 20.7 Å². The lowest BCUT2D eigenvalue weighted by Gasteiger charge is -2.18. The number of thiocarbonyl (C=S) groups is 1. The number of rotatable bonds is 4. The fraction of sp³-hybridized carbons (Fsp3) is 0.333. The number of amides is 1. The molecule has 0 spiro atoms. The molecule has 0 radical (unpaired) electrons. The predicted octanol–water partition coefficient (Wildman–Crippen LogP) is 3.31. The molecule has 112 valence electrons. The Hall–Kier alpha value is -1.53. The molecule has 0 N–H and O–H groups in total. The summed E-state index contributed by atoms with van der Waals surface area (Å²) >= 11 is 6.58. The highest BCUT2D eigenvalue weighted by atomic mass is 32.2. The summed E-state index contributed by atoms with van der Waals surface area (Å²) < 4.78 is 11.2. The van der Waals surface area contributed by atoms with E-state index in [-0.39, 0.29) is 11.9 Å². The summed E-state index contributed by atoms with van der Waals surface area (Å²) in [6.45, 7) is 3.89. The number of hydrogen-bond donors (Lipinski definition) is 0. The van der Waals surface area contributed by atoms with Crippen molar-refractivity contribution in [2.75, 3.05) is 14.2 Å². The molecule has 0 aliphatic carbocycles. The van der Waals surface area contributed by atoms with Crippen LogP contribution >= 0.6 is 24.0 Å². The molecule has 6 heteroatoms. The van der Waals surface area contributed by atoms with E-state index in [1.54, 1.807) is 25.2 Å². The number of carbonyl (C=O) groups excluding carboxylic acids is 1. The van der Waals surface area contributed by atoms with Crippen LogP contribution in [0.1, 0.15) is 19.4 Å². The van der Waals surface area contributed by atoms with Gasteiger partial charge in [-0.2, -0.15) is 0 Å². The van der Waals surface area contributed by atoms with Crippen LogP contribution in [0.3, 0.4) is 0 Å². The third-order valence-electron chi connectivity index (χ3n) is 3.06. The Morgan fingerprint density at radius 2 is 2.00 bits per heavy atom. The van der Waals surface area contributed by atoms with Crippen LogP contribution in [0.5, 0.6) is 11.5 Å². The molecule has 0 aromatic heterocycles. The van der Waals surface area contributed by atoms with E-state index in [2.05, 4.69) is 0 Å². The number of ether oxygens (including phenoxy) is 2. The van der Waals surface area contributed by atoms with E-state index in [1.165, 1.54) is 11.8 Å². The minimum atomic E-state index is -0.0649. The van der Waals surface area contributed by atoms with Gasteiger partial charge in [0.1, 0.15) is 4.32 Å². The fourth-order valence-corrected chi connectivity index (χ4v) is 3.61. The van der Waals surface area contributed by atoms with E-state index in [4.69, 9.17) is 21.7 Å². The van der Waals surface area contributed by atoms with Crippen LogP contribution < -0.4 is 9.47 Å². The van der Waals surface area contributed by atoms with Crippen LogP contribution in [0.25, 0.3) is 6.08 Å². The molecule has 1 amide bonds. The number of nitrogens with zero attached hydrogens (tertiary/aromatic N) is 1. The van der Waals surface area contributed by atoms with Crippen molar-refractivity contribution in [2.24, 2.45) is 0 Å². The summed E-state index contributed by atoms with van der Waals surface area (Å²) in [5.41, 5.74) is 0.793. The molecule has 0 saturated carbocycles. The second kappa shape index (κ2) is 6.49. The van der Waals surface area contributed by atoms with E-state index >= 15 is 0 Å². The van der Waals surface area contributed by atoms with Gasteiger partial charge in [0.2, 0.25) is 0 Å². The number of carbonyl (C=O) groups is 1. The summed E-state index contributed by atoms with van der Waals surface area (Å²) in [6.07, 6.45) is 1.79. The number of para-hydroxylation sites is 1. The van der Waals surface area contributed by atoms with Crippen molar-refractivity contribution in [3.63, 3.8) is 0 Å². The first-order valence-electron chi connectivity index (χ1n) is 6.47. The van der Waals surface area contributed by atoms with E-state index < -0.39 is 0 Å². The van der Waals surface area contributed by atoms with Crippen molar-refractivity contribution >= 4 is 40.3 Å². The topological polar surface area (TPSA) is 38.8 Å². The standard InChI is InChI=1S/C15H17NO3S2/c1-9(2)16-14(17)12(21-15(16)20)8-10-6-5-7-11(18-3)13(10)19-4/h5-9H,1-4H3. The summed E-state index contributed by atoms with van der Waals surface area (Å²) in [7, 11) is 3.16. The molecule has 1 fully saturated rings. The summed E-state index contributed by atoms with van der Waals surface area (Å²) in [5, 5.41) is 0. The Kier molecular flexibility index (Phi) is 4.90. The number of methoxy groups -OCH3 is 2. The molecule has 0 atom stereocenters. The molecule has 1 aromatic carbocycles. The van der Waals surface area contributed by atoms with Crippen LogP contribution in [-0.4, -0.2) is 35.4 Å². The SMILES string of the molecule is COc1cccc(C=C2SC(=S)N(C(C)C)C2=O)c1OC. The molecule has 1 aromatic rings. The lowest BCUT2D eigenvalue weighted by Crippen LogP contribution is -2.34. The highest BCUT2D eigenvalue weighted by Gasteiger charge is 2.33. The van der Waals surface area contributed by atoms with Crippen LogP contribution in [0.4, 0.5) is 0 Å². The van der Waals surface area contributed by atoms with Gasteiger partial charge in [-0.1, -0.05) is 36.1 Å². The molecule has 1 aliphatic heterocycles. The van der Waals surface area contributed by atoms with Crippen LogP contribution in [0.2, 0.25) is 0 Å². The van der Waals surface area contributed by atoms with Gasteiger partial charge in [-0.25, -0.2) is 0 Å². The first-order valence-corrected chi connectivity index (χ1v) is 7.70. The Morgan fingerprint density at radius 3 is 2.52 bits per heavy atom. The van der Waals surface area contributed by atoms with E-state index in [9.17, 15) is 4.79 Å². The molecule has 0 bridgehead atoms. The van der Waals surface area contributed by atoms with E-state index in [0.717, 1.165) is 5.56 Å². The summed E-state index contributed by atoms with van der Waals surface area (Å²) in [5.74, 6) is 1.17. The Balaban J connectivity index is 2.42. The first kappa shape index (κ1) is 15.9. The first-order chi connectivity index (χ1) is 9.99. The Morgan fingerprint density at radius 1 is 1.29 bits per heavy atom. The van der Waals surface area contributed by atoms with Gasteiger partial charge in [0.05, 0.1) is 19.1 Å². The van der Waals surface area contributed by atoms with Crippen molar-refractivity contribution in [2.45, 2.75) is 19.9 Å². The molecule has 1 heterocycles. The maximum atomic E-state index is 12.4. The van der Waals surface area contributed by atoms with Gasteiger partial charge in [0.15, 0.2) is 11.5 Å². The molecule has 1 aliphatic rings. The van der Waals surface area contributed by atoms with Gasteiger partial charge >= 0.3 is 0 Å². The lowest BCUT2D eigenvalue weighted by atomic mass is 10.1. The second-order valence-electron chi connectivity index (χ2n) is 4.73. The van der Waals surface area contributed by atoms with Crippen LogP contribution in [-0.2, 0) is 4.79 Å².